The Bertz CT molecular complexity index is 4420. The number of pyridine rings is 6. The molecule has 458 valence electrons. The number of nitrogen functional groups attached to an aromatic ring is 2. The number of aromatic nitrogens is 6. The third-order valence-corrected chi connectivity index (χ3v) is 14.2. The molecule has 0 aliphatic rings. The van der Waals surface area contributed by atoms with Crippen LogP contribution >= 0.6 is 31.9 Å². The first kappa shape index (κ1) is 71.0. The van der Waals surface area contributed by atoms with E-state index in [1.54, 1.807) is 79.9 Å². The highest BCUT2D eigenvalue weighted by atomic mass is 79.9. The van der Waals surface area contributed by atoms with E-state index in [4.69, 9.17) is 26.8 Å². The molecule has 8 N–H and O–H groups in total. The summed E-state index contributed by atoms with van der Waals surface area (Å²) in [5, 5.41) is 42.0. The van der Waals surface area contributed by atoms with Gasteiger partial charge in [0.05, 0.1) is 14.0 Å². The normalized spacial score (nSPS) is 9.99. The second-order valence-corrected chi connectivity index (χ2v) is 22.1. The number of non-ortho nitro benzene ring substituents is 1. The average Bonchev–Trinajstić information content (AvgIpc) is 2.11. The van der Waals surface area contributed by atoms with Crippen LogP contribution in [0.1, 0.15) is 70.1 Å². The number of carbonyl (C=O) groups excluding carboxylic acids is 3. The van der Waals surface area contributed by atoms with Crippen molar-refractivity contribution in [3.63, 3.8) is 0 Å². The number of nitro groups is 1. The third-order valence-electron chi connectivity index (χ3n) is 13.2. The summed E-state index contributed by atoms with van der Waals surface area (Å²) in [6.45, 7) is 11.2. The van der Waals surface area contributed by atoms with Gasteiger partial charge in [-0.15, -0.1) is 10.1 Å². The Morgan fingerprint density at radius 2 is 0.955 bits per heavy atom. The van der Waals surface area contributed by atoms with E-state index in [1.165, 1.54) is 47.2 Å². The Morgan fingerprint density at radius 1 is 0.539 bits per heavy atom. The molecule has 0 spiro atoms. The summed E-state index contributed by atoms with van der Waals surface area (Å²) < 4.78 is 0.0630. The number of benzene rings is 6. The van der Waals surface area contributed by atoms with Crippen LogP contribution in [0.4, 0.5) is 28.4 Å². The van der Waals surface area contributed by atoms with Crippen LogP contribution in [0.3, 0.4) is 0 Å². The molecule has 0 fully saturated rings. The molecule has 0 atom stereocenters. The summed E-state index contributed by atoms with van der Waals surface area (Å²) in [5.41, 5.74) is 21.3. The van der Waals surface area contributed by atoms with E-state index < -0.39 is 5.09 Å². The number of anilines is 4. The number of hydrogen-bond acceptors (Lipinski definition) is 16. The van der Waals surface area contributed by atoms with Crippen LogP contribution in [0.15, 0.2) is 190 Å². The van der Waals surface area contributed by atoms with Crippen molar-refractivity contribution in [1.82, 2.24) is 29.9 Å². The fourth-order valence-electron chi connectivity index (χ4n) is 8.99. The van der Waals surface area contributed by atoms with E-state index in [0.717, 1.165) is 89.5 Å². The first-order chi connectivity index (χ1) is 41.7. The van der Waals surface area contributed by atoms with Crippen LogP contribution in [0.2, 0.25) is 0 Å². The zero-order valence-corrected chi connectivity index (χ0v) is 51.7. The van der Waals surface area contributed by atoms with E-state index in [-0.39, 0.29) is 39.1 Å². The van der Waals surface area contributed by atoms with Gasteiger partial charge >= 0.3 is 0 Å². The van der Waals surface area contributed by atoms with Crippen LogP contribution in [0.5, 0.6) is 0 Å². The topological polar surface area (TPSA) is 341 Å². The molecule has 2 amide bonds. The second kappa shape index (κ2) is 34.6. The maximum Gasteiger partial charge on any atom is 0.291 e. The molecule has 0 aliphatic heterocycles. The lowest BCUT2D eigenvalue weighted by Gasteiger charge is -2.11. The molecule has 0 bridgehead atoms. The van der Waals surface area contributed by atoms with Gasteiger partial charge in [-0.25, -0.2) is 0 Å². The molecule has 12 aromatic rings. The van der Waals surface area contributed by atoms with Gasteiger partial charge in [0.1, 0.15) is 0 Å². The van der Waals surface area contributed by atoms with Crippen LogP contribution in [-0.2, 0) is 16.0 Å². The lowest BCUT2D eigenvalue weighted by molar-refractivity contribution is -0.742. The summed E-state index contributed by atoms with van der Waals surface area (Å²) >= 11 is 6.96. The Balaban J connectivity index is 0.000000225. The van der Waals surface area contributed by atoms with Crippen molar-refractivity contribution in [3.05, 3.63) is 243 Å². The SMILES string of the molecule is C.CC(=O)Nc1ccc(C(Br)Br)c2cnccc12.CC(=O)Nc1ccc(C)c2cnccc12.CCc1ccc(N)c2ccncc12.Cc1ccc([N+](=O)[O-])c2ccncc12.Cc1cccc2ccncc12.Nc1ccc(C=O)c2cnccc12.O=[N+]([O-])O.[OH-]. The van der Waals surface area contributed by atoms with Crippen molar-refractivity contribution in [3.8, 4) is 0 Å². The third kappa shape index (κ3) is 19.5. The van der Waals surface area contributed by atoms with Gasteiger partial charge in [0.2, 0.25) is 11.8 Å². The van der Waals surface area contributed by atoms with E-state index >= 15 is 0 Å². The molecule has 0 saturated carbocycles. The summed E-state index contributed by atoms with van der Waals surface area (Å²) in [5.74, 6) is -0.137. The van der Waals surface area contributed by atoms with Gasteiger partial charge in [-0.05, 0) is 127 Å². The number of nitrogens with zero attached hydrogens (tertiary/aromatic N) is 8. The van der Waals surface area contributed by atoms with Gasteiger partial charge in [-0.2, -0.15) is 0 Å². The van der Waals surface area contributed by atoms with Crippen molar-refractivity contribution in [2.75, 3.05) is 22.1 Å². The summed E-state index contributed by atoms with van der Waals surface area (Å²) in [6.07, 6.45) is 22.8. The fourth-order valence-corrected chi connectivity index (χ4v) is 9.79. The number of aldehydes is 1. The maximum absolute atomic E-state index is 11.1. The fraction of sp³-hybridized carbons (Fsp3) is 0.136. The maximum atomic E-state index is 11.1. The number of nitro benzene ring substituents is 1. The van der Waals surface area contributed by atoms with Gasteiger partial charge in [-0.1, -0.05) is 88.7 Å². The number of alkyl halides is 2. The number of aryl methyl sites for hydroxylation is 4. The van der Waals surface area contributed by atoms with Gasteiger partial charge in [0, 0.05) is 176 Å². The van der Waals surface area contributed by atoms with E-state index in [2.05, 4.69) is 111 Å². The monoisotopic (exact) mass is 1330 g/mol. The van der Waals surface area contributed by atoms with Crippen LogP contribution in [0, 0.1) is 41.0 Å². The number of rotatable bonds is 6. The van der Waals surface area contributed by atoms with Crippen molar-refractivity contribution < 1.29 is 35.1 Å². The van der Waals surface area contributed by atoms with Crippen LogP contribution < -0.4 is 22.1 Å². The van der Waals surface area contributed by atoms with E-state index in [0.29, 0.717) is 16.6 Å². The average molecular weight is 1330 g/mol. The summed E-state index contributed by atoms with van der Waals surface area (Å²) in [6, 6.07) is 36.0. The Hall–Kier alpha value is -10.5. The molecule has 0 aliphatic carbocycles. The molecule has 89 heavy (non-hydrogen) atoms. The summed E-state index contributed by atoms with van der Waals surface area (Å²) in [4.78, 5) is 75.8. The smallest absolute Gasteiger partial charge is 0.291 e. The molecule has 6 aromatic heterocycles. The molecule has 23 heteroatoms. The van der Waals surface area contributed by atoms with Gasteiger partial charge in [-0.3, -0.25) is 54.4 Å². The molecule has 6 aromatic carbocycles. The first-order valence-electron chi connectivity index (χ1n) is 26.6. The molecular formula is C66H65Br2N12O9-. The predicted octanol–water partition coefficient (Wildman–Crippen LogP) is 15.6. The number of fused-ring (bicyclic) bond motifs is 6. The second-order valence-electron chi connectivity index (χ2n) is 19.0. The zero-order chi connectivity index (χ0) is 63.2. The molecule has 0 radical (unpaired) electrons. The highest BCUT2D eigenvalue weighted by Gasteiger charge is 2.13. The van der Waals surface area contributed by atoms with Crippen LogP contribution in [0.25, 0.3) is 64.6 Å². The number of halogens is 2. The number of carbonyl (C=O) groups is 3. The highest BCUT2D eigenvalue weighted by Crippen LogP contribution is 2.37. The quantitative estimate of drug-likeness (QED) is 0.0339. The largest absolute Gasteiger partial charge is 0.870 e. The standard InChI is InChI=1S/C12H10Br2N2O.C12H12N2O.C11H12N2.C10H8N2O2.C10H8N2O.C10H9N.CH4.HNO3.H2O/c1-7(17)16-11-3-2-9(12(13)14)10-6-15-5-4-8(10)11;1-8-3-4-12(14-9(2)15)10-5-6-13-7-11(8)10;1-2-8-3-4-11(12)9-5-6-13-7-10(8)9;1-7-2-3-10(12(13)14)8-4-5-11-6-9(7)8;11-10-2-1-7(6-13)9-5-12-4-3-8(9)10;1-8-3-2-4-9-5-6-11-7-10(8)9;;2-1(3)4;/h2-6,12H,1H3,(H,16,17);3-7H,1-2H3,(H,14,15);3-7H,2,12H2,1H3;2-6H,1H3;1-6H,11H2;2-7H,1H3;1H4;(H,2,3,4);1H2/p-1. The van der Waals surface area contributed by atoms with Crippen LogP contribution in [-0.4, -0.2) is 68.7 Å². The molecule has 12 rings (SSSR count). The minimum atomic E-state index is -1.50. The molecule has 0 saturated heterocycles. The predicted molar refractivity (Wildman–Crippen MR) is 362 cm³/mol. The molecule has 0 unspecified atom stereocenters. The molecule has 21 nitrogen and oxygen atoms in total. The number of nitrogens with two attached hydrogens (primary N) is 2. The minimum Gasteiger partial charge on any atom is -0.870 e. The molecular weight excluding hydrogens is 1260 g/mol. The van der Waals surface area contributed by atoms with Crippen molar-refractivity contribution in [1.29, 1.82) is 0 Å². The number of nitrogens with one attached hydrogen (secondary N) is 2. The van der Waals surface area contributed by atoms with Gasteiger partial charge in [0.25, 0.3) is 10.8 Å². The Labute approximate surface area is 529 Å². The first-order valence-corrected chi connectivity index (χ1v) is 28.4. The lowest BCUT2D eigenvalue weighted by atomic mass is 10.0. The lowest BCUT2D eigenvalue weighted by Crippen LogP contribution is -2.06. The number of amides is 2. The summed E-state index contributed by atoms with van der Waals surface area (Å²) in [7, 11) is 0. The van der Waals surface area contributed by atoms with Gasteiger partial charge < -0.3 is 32.8 Å². The number of hydrogen-bond donors (Lipinski definition) is 5. The highest BCUT2D eigenvalue weighted by molar-refractivity contribution is 9.24. The van der Waals surface area contributed by atoms with Crippen molar-refractivity contribution in [2.45, 2.75) is 59.1 Å². The Morgan fingerprint density at radius 3 is 1.46 bits per heavy atom. The van der Waals surface area contributed by atoms with Crippen molar-refractivity contribution >= 4 is 143 Å². The zero-order valence-electron chi connectivity index (χ0n) is 48.5. The van der Waals surface area contributed by atoms with Crippen molar-refractivity contribution in [2.24, 2.45) is 0 Å². The van der Waals surface area contributed by atoms with E-state index in [9.17, 15) is 24.5 Å². The Kier molecular flexibility index (Phi) is 27.6. The minimum absolute atomic E-state index is 0. The molecule has 6 heterocycles. The van der Waals surface area contributed by atoms with Gasteiger partial charge in [0.15, 0.2) is 6.29 Å². The van der Waals surface area contributed by atoms with E-state index in [1.807, 2.05) is 93.2 Å².